The fraction of sp³-hybridized carbons (Fsp3) is 1.00. The Morgan fingerprint density at radius 2 is 2.07 bits per heavy atom. The molecule has 0 spiro atoms. The molecule has 0 aromatic rings. The van der Waals surface area contributed by atoms with Gasteiger partial charge in [0.15, 0.2) is 0 Å². The molecular weight excluding hydrogens is 194 g/mol. The van der Waals surface area contributed by atoms with E-state index in [0.29, 0.717) is 5.92 Å². The summed E-state index contributed by atoms with van der Waals surface area (Å²) < 4.78 is 0. The Labute approximate surface area is 92.9 Å². The molecule has 3 heteroatoms. The maximum atomic E-state index is 9.16. The summed E-state index contributed by atoms with van der Waals surface area (Å²) in [4.78, 5) is 0. The standard InChI is InChI=1S/C11H25NOS/c1-4-10(3)11(9-13)12-7-6-8-14-5-2/h10-13H,4-9H2,1-3H3. The molecule has 0 aromatic carbocycles. The zero-order valence-corrected chi connectivity index (χ0v) is 10.6. The van der Waals surface area contributed by atoms with Gasteiger partial charge >= 0.3 is 0 Å². The lowest BCUT2D eigenvalue weighted by Crippen LogP contribution is -2.38. The van der Waals surface area contributed by atoms with Crippen LogP contribution in [-0.4, -0.2) is 35.8 Å². The summed E-state index contributed by atoms with van der Waals surface area (Å²) in [6.07, 6.45) is 2.33. The van der Waals surface area contributed by atoms with Crippen LogP contribution in [0, 0.1) is 5.92 Å². The number of rotatable bonds is 9. The molecule has 86 valence electrons. The van der Waals surface area contributed by atoms with Gasteiger partial charge in [0.25, 0.3) is 0 Å². The van der Waals surface area contributed by atoms with Gasteiger partial charge in [-0.05, 0) is 30.4 Å². The summed E-state index contributed by atoms with van der Waals surface area (Å²) in [6.45, 7) is 7.84. The van der Waals surface area contributed by atoms with Crippen molar-refractivity contribution in [2.45, 2.75) is 39.7 Å². The molecule has 0 rings (SSSR count). The van der Waals surface area contributed by atoms with Gasteiger partial charge in [-0.2, -0.15) is 11.8 Å². The zero-order chi connectivity index (χ0) is 10.8. The fourth-order valence-electron chi connectivity index (χ4n) is 1.34. The molecule has 14 heavy (non-hydrogen) atoms. The Hall–Kier alpha value is 0.270. The first-order valence-electron chi connectivity index (χ1n) is 5.68. The first-order chi connectivity index (χ1) is 6.76. The second kappa shape index (κ2) is 9.81. The van der Waals surface area contributed by atoms with Gasteiger partial charge in [-0.15, -0.1) is 0 Å². The highest BCUT2D eigenvalue weighted by molar-refractivity contribution is 7.99. The fourth-order valence-corrected chi connectivity index (χ4v) is 1.97. The van der Waals surface area contributed by atoms with Crippen LogP contribution in [0.5, 0.6) is 0 Å². The van der Waals surface area contributed by atoms with E-state index >= 15 is 0 Å². The van der Waals surface area contributed by atoms with Crippen LogP contribution in [-0.2, 0) is 0 Å². The molecule has 2 atom stereocenters. The molecule has 0 heterocycles. The monoisotopic (exact) mass is 219 g/mol. The number of nitrogens with one attached hydrogen (secondary N) is 1. The lowest BCUT2D eigenvalue weighted by molar-refractivity contribution is 0.202. The van der Waals surface area contributed by atoms with Gasteiger partial charge in [0, 0.05) is 6.04 Å². The lowest BCUT2D eigenvalue weighted by atomic mass is 10.00. The molecular formula is C11H25NOS. The molecule has 0 saturated carbocycles. The average molecular weight is 219 g/mol. The number of hydrogen-bond donors (Lipinski definition) is 2. The van der Waals surface area contributed by atoms with Gasteiger partial charge in [-0.1, -0.05) is 27.2 Å². The molecule has 0 radical (unpaired) electrons. The van der Waals surface area contributed by atoms with Gasteiger partial charge in [-0.3, -0.25) is 0 Å². The van der Waals surface area contributed by atoms with Gasteiger partial charge in [-0.25, -0.2) is 0 Å². The van der Waals surface area contributed by atoms with Crippen LogP contribution in [0.15, 0.2) is 0 Å². The number of hydrogen-bond acceptors (Lipinski definition) is 3. The van der Waals surface area contributed by atoms with Gasteiger partial charge in [0.05, 0.1) is 6.61 Å². The van der Waals surface area contributed by atoms with Crippen molar-refractivity contribution in [3.05, 3.63) is 0 Å². The Morgan fingerprint density at radius 1 is 1.36 bits per heavy atom. The topological polar surface area (TPSA) is 32.3 Å². The lowest BCUT2D eigenvalue weighted by Gasteiger charge is -2.22. The maximum Gasteiger partial charge on any atom is 0.0587 e. The summed E-state index contributed by atoms with van der Waals surface area (Å²) in [5, 5.41) is 12.6. The third-order valence-electron chi connectivity index (χ3n) is 2.60. The van der Waals surface area contributed by atoms with Crippen LogP contribution in [0.3, 0.4) is 0 Å². The first-order valence-corrected chi connectivity index (χ1v) is 6.83. The highest BCUT2D eigenvalue weighted by atomic mass is 32.2. The SMILES string of the molecule is CCSCCCNC(CO)C(C)CC. The van der Waals surface area contributed by atoms with Gasteiger partial charge < -0.3 is 10.4 Å². The van der Waals surface area contributed by atoms with E-state index in [1.807, 2.05) is 11.8 Å². The van der Waals surface area contributed by atoms with E-state index < -0.39 is 0 Å². The van der Waals surface area contributed by atoms with E-state index in [9.17, 15) is 0 Å². The van der Waals surface area contributed by atoms with Crippen LogP contribution < -0.4 is 5.32 Å². The van der Waals surface area contributed by atoms with Crippen LogP contribution in [0.25, 0.3) is 0 Å². The van der Waals surface area contributed by atoms with E-state index in [2.05, 4.69) is 26.1 Å². The maximum absolute atomic E-state index is 9.16. The zero-order valence-electron chi connectivity index (χ0n) is 9.75. The predicted octanol–water partition coefficient (Wildman–Crippen LogP) is 2.13. The molecule has 2 nitrogen and oxygen atoms in total. The number of thioether (sulfide) groups is 1. The quantitative estimate of drug-likeness (QED) is 0.583. The molecule has 0 bridgehead atoms. The van der Waals surface area contributed by atoms with Crippen LogP contribution >= 0.6 is 11.8 Å². The summed E-state index contributed by atoms with van der Waals surface area (Å²) >= 11 is 1.98. The molecule has 0 aliphatic carbocycles. The van der Waals surface area contributed by atoms with Crippen molar-refractivity contribution in [3.63, 3.8) is 0 Å². The summed E-state index contributed by atoms with van der Waals surface area (Å²) in [5.41, 5.74) is 0. The Bertz CT molecular complexity index is 122. The van der Waals surface area contributed by atoms with E-state index in [1.54, 1.807) is 0 Å². The molecule has 0 aliphatic heterocycles. The van der Waals surface area contributed by atoms with E-state index in [-0.39, 0.29) is 12.6 Å². The van der Waals surface area contributed by atoms with Crippen molar-refractivity contribution in [2.24, 2.45) is 5.92 Å². The van der Waals surface area contributed by atoms with Gasteiger partial charge in [0.1, 0.15) is 0 Å². The molecule has 0 aromatic heterocycles. The summed E-state index contributed by atoms with van der Waals surface area (Å²) in [7, 11) is 0. The second-order valence-corrected chi connectivity index (χ2v) is 5.07. The smallest absolute Gasteiger partial charge is 0.0587 e. The van der Waals surface area contributed by atoms with E-state index in [4.69, 9.17) is 5.11 Å². The molecule has 0 fully saturated rings. The molecule has 2 unspecified atom stereocenters. The number of aliphatic hydroxyl groups excluding tert-OH is 1. The first kappa shape index (κ1) is 14.3. The minimum absolute atomic E-state index is 0.260. The third-order valence-corrected chi connectivity index (χ3v) is 3.59. The summed E-state index contributed by atoms with van der Waals surface area (Å²) in [5.74, 6) is 3.00. The van der Waals surface area contributed by atoms with Crippen molar-refractivity contribution in [3.8, 4) is 0 Å². The molecule has 0 amide bonds. The Kier molecular flexibility index (Phi) is 10.0. The van der Waals surface area contributed by atoms with E-state index in [1.165, 1.54) is 17.9 Å². The van der Waals surface area contributed by atoms with Crippen molar-refractivity contribution in [1.29, 1.82) is 0 Å². The average Bonchev–Trinajstić information content (AvgIpc) is 2.22. The minimum Gasteiger partial charge on any atom is -0.395 e. The Morgan fingerprint density at radius 3 is 2.57 bits per heavy atom. The normalized spacial score (nSPS) is 15.4. The molecule has 0 aliphatic rings. The van der Waals surface area contributed by atoms with Crippen molar-refractivity contribution >= 4 is 11.8 Å². The predicted molar refractivity (Wildman–Crippen MR) is 65.9 cm³/mol. The molecule has 0 saturated heterocycles. The van der Waals surface area contributed by atoms with Crippen LogP contribution in [0.1, 0.15) is 33.6 Å². The van der Waals surface area contributed by atoms with Gasteiger partial charge in [0.2, 0.25) is 0 Å². The van der Waals surface area contributed by atoms with Crippen molar-refractivity contribution < 1.29 is 5.11 Å². The van der Waals surface area contributed by atoms with Crippen molar-refractivity contribution in [2.75, 3.05) is 24.7 Å². The highest BCUT2D eigenvalue weighted by Crippen LogP contribution is 2.07. The van der Waals surface area contributed by atoms with Crippen LogP contribution in [0.2, 0.25) is 0 Å². The Balaban J connectivity index is 3.42. The number of aliphatic hydroxyl groups is 1. The molecule has 2 N–H and O–H groups in total. The highest BCUT2D eigenvalue weighted by Gasteiger charge is 2.12. The van der Waals surface area contributed by atoms with Crippen molar-refractivity contribution in [1.82, 2.24) is 5.32 Å². The van der Waals surface area contributed by atoms with Crippen LogP contribution in [0.4, 0.5) is 0 Å². The third kappa shape index (κ3) is 6.68. The summed E-state index contributed by atoms with van der Waals surface area (Å²) in [6, 6.07) is 0.284. The van der Waals surface area contributed by atoms with E-state index in [0.717, 1.165) is 13.0 Å². The largest absolute Gasteiger partial charge is 0.395 e. The second-order valence-electron chi connectivity index (χ2n) is 3.68. The minimum atomic E-state index is 0.260.